The Hall–Kier alpha value is -2.28. The Bertz CT molecular complexity index is 717. The molecule has 160 valence electrons. The van der Waals surface area contributed by atoms with E-state index in [1.54, 1.807) is 21.3 Å². The van der Waals surface area contributed by atoms with Crippen LogP contribution in [0, 0.1) is 11.8 Å². The van der Waals surface area contributed by atoms with Gasteiger partial charge < -0.3 is 24.4 Å². The molecule has 0 radical (unpaired) electrons. The molecule has 0 bridgehead atoms. The number of benzene rings is 1. The monoisotopic (exact) mass is 404 g/mol. The molecule has 3 rings (SSSR count). The van der Waals surface area contributed by atoms with Crippen LogP contribution < -0.4 is 14.8 Å². The van der Waals surface area contributed by atoms with Gasteiger partial charge in [0.05, 0.1) is 26.7 Å². The molecule has 2 aliphatic rings. The first-order chi connectivity index (χ1) is 14.1. The second-order valence-corrected chi connectivity index (χ2v) is 7.83. The first-order valence-corrected chi connectivity index (χ1v) is 10.4. The molecule has 1 aliphatic heterocycles. The average molecular weight is 405 g/mol. The number of amides is 2. The van der Waals surface area contributed by atoms with E-state index < -0.39 is 0 Å². The van der Waals surface area contributed by atoms with E-state index in [1.165, 1.54) is 0 Å². The molecule has 1 aliphatic carbocycles. The van der Waals surface area contributed by atoms with Crippen LogP contribution in [0.2, 0.25) is 0 Å². The number of hydrogen-bond acceptors (Lipinski definition) is 5. The Kier molecular flexibility index (Phi) is 7.36. The maximum atomic E-state index is 13.0. The summed E-state index contributed by atoms with van der Waals surface area (Å²) in [6.07, 6.45) is 4.13. The quantitative estimate of drug-likeness (QED) is 0.672. The molecule has 1 aromatic carbocycles. The molecule has 2 atom stereocenters. The lowest BCUT2D eigenvalue weighted by Gasteiger charge is -2.21. The second-order valence-electron chi connectivity index (χ2n) is 7.83. The minimum Gasteiger partial charge on any atom is -0.497 e. The lowest BCUT2D eigenvalue weighted by molar-refractivity contribution is -0.134. The van der Waals surface area contributed by atoms with Gasteiger partial charge in [0, 0.05) is 50.2 Å². The van der Waals surface area contributed by atoms with E-state index >= 15 is 0 Å². The van der Waals surface area contributed by atoms with E-state index in [-0.39, 0.29) is 29.6 Å². The zero-order valence-corrected chi connectivity index (χ0v) is 17.6. The van der Waals surface area contributed by atoms with E-state index in [2.05, 4.69) is 5.32 Å². The molecule has 7 nitrogen and oxygen atoms in total. The van der Waals surface area contributed by atoms with Gasteiger partial charge in [0.25, 0.3) is 0 Å². The van der Waals surface area contributed by atoms with E-state index in [0.717, 1.165) is 31.2 Å². The summed E-state index contributed by atoms with van der Waals surface area (Å²) < 4.78 is 15.9. The van der Waals surface area contributed by atoms with Crippen molar-refractivity contribution in [3.8, 4) is 11.5 Å². The summed E-state index contributed by atoms with van der Waals surface area (Å²) >= 11 is 0. The summed E-state index contributed by atoms with van der Waals surface area (Å²) in [7, 11) is 4.83. The number of nitrogens with one attached hydrogen (secondary N) is 1. The Morgan fingerprint density at radius 2 is 1.86 bits per heavy atom. The summed E-state index contributed by atoms with van der Waals surface area (Å²) in [4.78, 5) is 27.9. The molecule has 1 saturated carbocycles. The summed E-state index contributed by atoms with van der Waals surface area (Å²) in [5, 5.41) is 2.95. The van der Waals surface area contributed by atoms with Crippen LogP contribution in [-0.2, 0) is 14.3 Å². The van der Waals surface area contributed by atoms with Crippen LogP contribution >= 0.6 is 0 Å². The summed E-state index contributed by atoms with van der Waals surface area (Å²) in [5.74, 6) is 1.17. The van der Waals surface area contributed by atoms with Crippen LogP contribution in [0.1, 0.15) is 37.2 Å². The van der Waals surface area contributed by atoms with Gasteiger partial charge in [-0.25, -0.2) is 0 Å². The molecule has 1 N–H and O–H groups in total. The van der Waals surface area contributed by atoms with Gasteiger partial charge in [-0.3, -0.25) is 9.59 Å². The first-order valence-electron chi connectivity index (χ1n) is 10.4. The van der Waals surface area contributed by atoms with Crippen molar-refractivity contribution in [1.29, 1.82) is 0 Å². The van der Waals surface area contributed by atoms with Crippen molar-refractivity contribution in [2.75, 3.05) is 47.6 Å². The number of rotatable bonds is 8. The van der Waals surface area contributed by atoms with Gasteiger partial charge in [-0.15, -0.1) is 0 Å². The van der Waals surface area contributed by atoms with Gasteiger partial charge in [0.15, 0.2) is 0 Å². The number of likely N-dealkylation sites (tertiary alicyclic amines) is 1. The highest BCUT2D eigenvalue weighted by Crippen LogP contribution is 2.40. The third kappa shape index (κ3) is 4.83. The van der Waals surface area contributed by atoms with Gasteiger partial charge in [0.2, 0.25) is 11.8 Å². The summed E-state index contributed by atoms with van der Waals surface area (Å²) in [6.45, 7) is 1.88. The van der Waals surface area contributed by atoms with Crippen molar-refractivity contribution in [2.45, 2.75) is 31.6 Å². The number of ether oxygens (including phenoxy) is 3. The fourth-order valence-electron chi connectivity index (χ4n) is 4.53. The highest BCUT2D eigenvalue weighted by Gasteiger charge is 2.43. The zero-order valence-electron chi connectivity index (χ0n) is 17.6. The minimum absolute atomic E-state index is 0.0494. The maximum absolute atomic E-state index is 13.0. The average Bonchev–Trinajstić information content (AvgIpc) is 3.43. The molecule has 1 aromatic rings. The van der Waals surface area contributed by atoms with Crippen LogP contribution in [0.5, 0.6) is 11.5 Å². The Morgan fingerprint density at radius 3 is 2.52 bits per heavy atom. The van der Waals surface area contributed by atoms with E-state index in [1.807, 2.05) is 23.1 Å². The lowest BCUT2D eigenvalue weighted by atomic mass is 9.87. The van der Waals surface area contributed by atoms with Crippen molar-refractivity contribution in [1.82, 2.24) is 10.2 Å². The second kappa shape index (κ2) is 9.96. The molecule has 29 heavy (non-hydrogen) atoms. The Morgan fingerprint density at radius 1 is 1.10 bits per heavy atom. The number of carbonyl (C=O) groups excluding carboxylic acids is 2. The molecular weight excluding hydrogens is 372 g/mol. The third-order valence-corrected chi connectivity index (χ3v) is 6.12. The van der Waals surface area contributed by atoms with Gasteiger partial charge in [0.1, 0.15) is 11.5 Å². The van der Waals surface area contributed by atoms with E-state index in [0.29, 0.717) is 37.7 Å². The predicted molar refractivity (Wildman–Crippen MR) is 109 cm³/mol. The highest BCUT2D eigenvalue weighted by molar-refractivity contribution is 5.84. The molecule has 0 spiro atoms. The SMILES string of the molecule is COCCNC(=O)[C@@H]1CN(C(=O)C2CCCC2)C[C@H]1c1ccc(OC)cc1OC. The molecule has 0 unspecified atom stereocenters. The Balaban J connectivity index is 1.84. The first kappa shape index (κ1) is 21.4. The van der Waals surface area contributed by atoms with Gasteiger partial charge >= 0.3 is 0 Å². The fourth-order valence-corrected chi connectivity index (χ4v) is 4.53. The standard InChI is InChI=1S/C22H32N2O5/c1-27-11-10-23-21(25)19-14-24(22(26)15-6-4-5-7-15)13-18(19)17-9-8-16(28-2)12-20(17)29-3/h8-9,12,15,18-19H,4-7,10-11,13-14H2,1-3H3,(H,23,25)/t18-,19+/m0/s1. The normalized spacial score (nSPS) is 22.0. The van der Waals surface area contributed by atoms with Crippen LogP contribution in [0.4, 0.5) is 0 Å². The summed E-state index contributed by atoms with van der Waals surface area (Å²) in [5.41, 5.74) is 0.932. The topological polar surface area (TPSA) is 77.1 Å². The Labute approximate surface area is 172 Å². The largest absolute Gasteiger partial charge is 0.497 e. The van der Waals surface area contributed by atoms with Crippen molar-refractivity contribution >= 4 is 11.8 Å². The third-order valence-electron chi connectivity index (χ3n) is 6.12. The van der Waals surface area contributed by atoms with Crippen molar-refractivity contribution in [3.63, 3.8) is 0 Å². The van der Waals surface area contributed by atoms with Crippen molar-refractivity contribution < 1.29 is 23.8 Å². The van der Waals surface area contributed by atoms with Gasteiger partial charge in [-0.05, 0) is 18.9 Å². The fraction of sp³-hybridized carbons (Fsp3) is 0.636. The predicted octanol–water partition coefficient (Wildman–Crippen LogP) is 2.20. The van der Waals surface area contributed by atoms with Gasteiger partial charge in [-0.2, -0.15) is 0 Å². The summed E-state index contributed by atoms with van der Waals surface area (Å²) in [6, 6.07) is 5.65. The van der Waals surface area contributed by atoms with Crippen LogP contribution in [0.25, 0.3) is 0 Å². The molecule has 7 heteroatoms. The highest BCUT2D eigenvalue weighted by atomic mass is 16.5. The molecule has 2 fully saturated rings. The van der Waals surface area contributed by atoms with Crippen LogP contribution in [-0.4, -0.2) is 64.3 Å². The lowest BCUT2D eigenvalue weighted by Crippen LogP contribution is -2.38. The maximum Gasteiger partial charge on any atom is 0.225 e. The smallest absolute Gasteiger partial charge is 0.225 e. The van der Waals surface area contributed by atoms with Crippen molar-refractivity contribution in [3.05, 3.63) is 23.8 Å². The molecule has 1 saturated heterocycles. The molecule has 1 heterocycles. The molecule has 0 aromatic heterocycles. The number of carbonyl (C=O) groups is 2. The number of nitrogens with zero attached hydrogens (tertiary/aromatic N) is 1. The zero-order chi connectivity index (χ0) is 20.8. The van der Waals surface area contributed by atoms with E-state index in [9.17, 15) is 9.59 Å². The minimum atomic E-state index is -0.320. The number of methoxy groups -OCH3 is 3. The van der Waals surface area contributed by atoms with Crippen molar-refractivity contribution in [2.24, 2.45) is 11.8 Å². The molecule has 2 amide bonds. The van der Waals surface area contributed by atoms with Gasteiger partial charge in [-0.1, -0.05) is 18.9 Å². The number of hydrogen-bond donors (Lipinski definition) is 1. The van der Waals surface area contributed by atoms with Crippen LogP contribution in [0.15, 0.2) is 18.2 Å². The van der Waals surface area contributed by atoms with E-state index in [4.69, 9.17) is 14.2 Å². The van der Waals surface area contributed by atoms with Crippen LogP contribution in [0.3, 0.4) is 0 Å². The molecular formula is C22H32N2O5.